The standard InChI is InChI=1S/C18H20BrFN2O/c1-21-10-5-7-16(21)17-6-3-2-4-11-22(17)18(23)14-12-13(20)8-9-15(14)19/h5,7-10,12,17H,2-4,6,11H2,1H3. The first kappa shape index (κ1) is 16.2. The van der Waals surface area contributed by atoms with Gasteiger partial charge in [0.1, 0.15) is 5.82 Å². The number of rotatable bonds is 2. The Morgan fingerprint density at radius 1 is 1.26 bits per heavy atom. The minimum Gasteiger partial charge on any atom is -0.353 e. The third kappa shape index (κ3) is 3.34. The van der Waals surface area contributed by atoms with Crippen LogP contribution in [0, 0.1) is 5.82 Å². The van der Waals surface area contributed by atoms with Gasteiger partial charge in [-0.3, -0.25) is 4.79 Å². The van der Waals surface area contributed by atoms with Crippen LogP contribution in [0.25, 0.3) is 0 Å². The normalized spacial score (nSPS) is 18.7. The zero-order valence-electron chi connectivity index (χ0n) is 13.1. The zero-order chi connectivity index (χ0) is 16.4. The monoisotopic (exact) mass is 378 g/mol. The number of aryl methyl sites for hydroxylation is 1. The van der Waals surface area contributed by atoms with E-state index in [0.29, 0.717) is 16.6 Å². The Kier molecular flexibility index (Phi) is 4.85. The molecule has 1 aliphatic heterocycles. The van der Waals surface area contributed by atoms with Crippen molar-refractivity contribution in [3.8, 4) is 0 Å². The maximum atomic E-state index is 13.6. The maximum Gasteiger partial charge on any atom is 0.255 e. The fraction of sp³-hybridized carbons (Fsp3) is 0.389. The average molecular weight is 379 g/mol. The van der Waals surface area contributed by atoms with Gasteiger partial charge < -0.3 is 9.47 Å². The second-order valence-corrected chi connectivity index (χ2v) is 6.89. The van der Waals surface area contributed by atoms with E-state index in [9.17, 15) is 9.18 Å². The molecule has 0 radical (unpaired) electrons. The fourth-order valence-corrected chi connectivity index (χ4v) is 3.71. The molecule has 122 valence electrons. The number of halogens is 2. The number of carbonyl (C=O) groups excluding carboxylic acids is 1. The lowest BCUT2D eigenvalue weighted by Gasteiger charge is -2.31. The number of nitrogens with zero attached hydrogens (tertiary/aromatic N) is 2. The number of benzene rings is 1. The highest BCUT2D eigenvalue weighted by Gasteiger charge is 2.29. The molecule has 1 amide bonds. The van der Waals surface area contributed by atoms with Crippen LogP contribution in [0.4, 0.5) is 4.39 Å². The third-order valence-electron chi connectivity index (χ3n) is 4.50. The highest BCUT2D eigenvalue weighted by Crippen LogP contribution is 2.32. The molecule has 3 rings (SSSR count). The van der Waals surface area contributed by atoms with Crippen molar-refractivity contribution in [1.29, 1.82) is 0 Å². The molecular weight excluding hydrogens is 359 g/mol. The molecule has 1 unspecified atom stereocenters. The molecule has 1 aromatic carbocycles. The van der Waals surface area contributed by atoms with Crippen LogP contribution < -0.4 is 0 Å². The summed E-state index contributed by atoms with van der Waals surface area (Å²) < 4.78 is 16.3. The van der Waals surface area contributed by atoms with Crippen LogP contribution in [-0.4, -0.2) is 21.9 Å². The van der Waals surface area contributed by atoms with Crippen LogP contribution >= 0.6 is 15.9 Å². The highest BCUT2D eigenvalue weighted by atomic mass is 79.9. The molecule has 3 nitrogen and oxygen atoms in total. The number of hydrogen-bond acceptors (Lipinski definition) is 1. The molecule has 23 heavy (non-hydrogen) atoms. The minimum atomic E-state index is -0.387. The van der Waals surface area contributed by atoms with Gasteiger partial charge in [0.25, 0.3) is 5.91 Å². The molecule has 5 heteroatoms. The summed E-state index contributed by atoms with van der Waals surface area (Å²) in [5.41, 5.74) is 1.53. The summed E-state index contributed by atoms with van der Waals surface area (Å²) >= 11 is 3.38. The molecule has 0 aliphatic carbocycles. The predicted molar refractivity (Wildman–Crippen MR) is 91.8 cm³/mol. The molecule has 1 aliphatic rings. The summed E-state index contributed by atoms with van der Waals surface area (Å²) in [5.74, 6) is -0.494. The zero-order valence-corrected chi connectivity index (χ0v) is 14.7. The van der Waals surface area contributed by atoms with Gasteiger partial charge in [-0.2, -0.15) is 0 Å². The molecule has 0 N–H and O–H groups in total. The van der Waals surface area contributed by atoms with E-state index in [2.05, 4.69) is 26.6 Å². The van der Waals surface area contributed by atoms with Gasteiger partial charge in [-0.15, -0.1) is 0 Å². The molecule has 1 atom stereocenters. The summed E-state index contributed by atoms with van der Waals surface area (Å²) in [6.07, 6.45) is 6.15. The minimum absolute atomic E-state index is 0.0418. The first-order chi connectivity index (χ1) is 11.1. The van der Waals surface area contributed by atoms with E-state index < -0.39 is 0 Å². The summed E-state index contributed by atoms with van der Waals surface area (Å²) in [6.45, 7) is 0.706. The number of aromatic nitrogens is 1. The SMILES string of the molecule is Cn1cccc1C1CCCCCN1C(=O)c1cc(F)ccc1Br. The van der Waals surface area contributed by atoms with E-state index >= 15 is 0 Å². The second-order valence-electron chi connectivity index (χ2n) is 6.03. The van der Waals surface area contributed by atoms with Crippen LogP contribution in [0.5, 0.6) is 0 Å². The predicted octanol–water partition coefficient (Wildman–Crippen LogP) is 4.68. The van der Waals surface area contributed by atoms with Gasteiger partial charge >= 0.3 is 0 Å². The average Bonchev–Trinajstić information content (AvgIpc) is 2.82. The maximum absolute atomic E-state index is 13.6. The molecular formula is C18H20BrFN2O. The quantitative estimate of drug-likeness (QED) is 0.744. The number of carbonyl (C=O) groups is 1. The first-order valence-corrected chi connectivity index (χ1v) is 8.74. The Labute approximate surface area is 144 Å². The van der Waals surface area contributed by atoms with Gasteiger partial charge in [0.05, 0.1) is 11.6 Å². The Bertz CT molecular complexity index is 713. The van der Waals surface area contributed by atoms with Crippen molar-refractivity contribution in [3.05, 3.63) is 58.1 Å². The van der Waals surface area contributed by atoms with E-state index in [0.717, 1.165) is 31.4 Å². The van der Waals surface area contributed by atoms with Crippen molar-refractivity contribution in [2.75, 3.05) is 6.54 Å². The van der Waals surface area contributed by atoms with Gasteiger partial charge in [0.2, 0.25) is 0 Å². The van der Waals surface area contributed by atoms with Gasteiger partial charge in [-0.25, -0.2) is 4.39 Å². The smallest absolute Gasteiger partial charge is 0.255 e. The van der Waals surface area contributed by atoms with Crippen molar-refractivity contribution in [1.82, 2.24) is 9.47 Å². The molecule has 2 heterocycles. The van der Waals surface area contributed by atoms with Gasteiger partial charge in [0, 0.05) is 30.0 Å². The van der Waals surface area contributed by atoms with Crippen molar-refractivity contribution < 1.29 is 9.18 Å². The van der Waals surface area contributed by atoms with Gasteiger partial charge in [0.15, 0.2) is 0 Å². The van der Waals surface area contributed by atoms with Gasteiger partial charge in [-0.1, -0.05) is 12.8 Å². The number of likely N-dealkylation sites (tertiary alicyclic amines) is 1. The fourth-order valence-electron chi connectivity index (χ4n) is 3.30. The van der Waals surface area contributed by atoms with Crippen LogP contribution in [0.3, 0.4) is 0 Å². The van der Waals surface area contributed by atoms with Crippen LogP contribution in [0.15, 0.2) is 41.0 Å². The van der Waals surface area contributed by atoms with Crippen LogP contribution in [0.2, 0.25) is 0 Å². The van der Waals surface area contributed by atoms with Crippen LogP contribution in [-0.2, 0) is 7.05 Å². The van der Waals surface area contributed by atoms with E-state index in [1.165, 1.54) is 12.1 Å². The largest absolute Gasteiger partial charge is 0.353 e. The summed E-state index contributed by atoms with van der Waals surface area (Å²) in [5, 5.41) is 0. The first-order valence-electron chi connectivity index (χ1n) is 7.95. The molecule has 1 aromatic heterocycles. The van der Waals surface area contributed by atoms with Crippen LogP contribution in [0.1, 0.15) is 47.8 Å². The van der Waals surface area contributed by atoms with Gasteiger partial charge in [-0.05, 0) is 59.1 Å². The Balaban J connectivity index is 1.98. The summed E-state index contributed by atoms with van der Waals surface area (Å²) in [6, 6.07) is 8.38. The van der Waals surface area contributed by atoms with Crippen molar-refractivity contribution in [3.63, 3.8) is 0 Å². The molecule has 1 saturated heterocycles. The lowest BCUT2D eigenvalue weighted by molar-refractivity contribution is 0.0673. The second kappa shape index (κ2) is 6.87. The number of hydrogen-bond donors (Lipinski definition) is 0. The molecule has 0 saturated carbocycles. The van der Waals surface area contributed by atoms with Crippen molar-refractivity contribution in [2.24, 2.45) is 7.05 Å². The van der Waals surface area contributed by atoms with E-state index in [1.807, 2.05) is 24.2 Å². The van der Waals surface area contributed by atoms with E-state index in [4.69, 9.17) is 0 Å². The molecule has 0 spiro atoms. The van der Waals surface area contributed by atoms with Crippen molar-refractivity contribution >= 4 is 21.8 Å². The topological polar surface area (TPSA) is 25.2 Å². The van der Waals surface area contributed by atoms with Crippen molar-refractivity contribution in [2.45, 2.75) is 31.7 Å². The number of amides is 1. The summed E-state index contributed by atoms with van der Waals surface area (Å²) in [7, 11) is 2.00. The third-order valence-corrected chi connectivity index (χ3v) is 5.19. The Hall–Kier alpha value is -1.62. The lowest BCUT2D eigenvalue weighted by Crippen LogP contribution is -2.35. The molecule has 1 fully saturated rings. The Morgan fingerprint density at radius 2 is 2.09 bits per heavy atom. The Morgan fingerprint density at radius 3 is 2.83 bits per heavy atom. The van der Waals surface area contributed by atoms with E-state index in [-0.39, 0.29) is 17.8 Å². The van der Waals surface area contributed by atoms with E-state index in [1.54, 1.807) is 6.07 Å². The molecule has 2 aromatic rings. The molecule has 0 bridgehead atoms. The lowest BCUT2D eigenvalue weighted by atomic mass is 10.1. The summed E-state index contributed by atoms with van der Waals surface area (Å²) in [4.78, 5) is 15.0. The highest BCUT2D eigenvalue weighted by molar-refractivity contribution is 9.10.